The molecular formula is C19H29NO3. The molecule has 1 amide bonds. The monoisotopic (exact) mass is 319 g/mol. The van der Waals surface area contributed by atoms with Gasteiger partial charge in [-0.3, -0.25) is 4.79 Å². The van der Waals surface area contributed by atoms with E-state index < -0.39 is 12.1 Å². The maximum atomic E-state index is 11.9. The summed E-state index contributed by atoms with van der Waals surface area (Å²) < 4.78 is 0. The van der Waals surface area contributed by atoms with Crippen molar-refractivity contribution in [2.75, 3.05) is 6.61 Å². The first-order valence-electron chi connectivity index (χ1n) is 8.49. The Morgan fingerprint density at radius 2 is 1.87 bits per heavy atom. The quantitative estimate of drug-likeness (QED) is 0.549. The summed E-state index contributed by atoms with van der Waals surface area (Å²) in [6, 6.07) is 8.92. The van der Waals surface area contributed by atoms with Crippen LogP contribution in [0.2, 0.25) is 0 Å². The molecule has 0 aliphatic heterocycles. The zero-order chi connectivity index (χ0) is 16.9. The minimum absolute atomic E-state index is 0.118. The maximum absolute atomic E-state index is 11.9. The van der Waals surface area contributed by atoms with Crippen molar-refractivity contribution in [2.24, 2.45) is 0 Å². The van der Waals surface area contributed by atoms with E-state index in [1.54, 1.807) is 12.2 Å². The fourth-order valence-electron chi connectivity index (χ4n) is 2.32. The largest absolute Gasteiger partial charge is 0.394 e. The summed E-state index contributed by atoms with van der Waals surface area (Å²) in [6.07, 6.45) is 8.32. The SMILES string of the molecule is CCCCCCCC(=O)N[C@@H](CO)[C@@H](O)/C=C/c1ccccc1. The highest BCUT2D eigenvalue weighted by atomic mass is 16.3. The Morgan fingerprint density at radius 3 is 2.52 bits per heavy atom. The van der Waals surface area contributed by atoms with E-state index in [0.717, 1.165) is 24.8 Å². The van der Waals surface area contributed by atoms with Gasteiger partial charge >= 0.3 is 0 Å². The number of hydrogen-bond donors (Lipinski definition) is 3. The van der Waals surface area contributed by atoms with E-state index in [2.05, 4.69) is 12.2 Å². The highest BCUT2D eigenvalue weighted by Crippen LogP contribution is 2.07. The van der Waals surface area contributed by atoms with Crippen LogP contribution in [-0.2, 0) is 4.79 Å². The Hall–Kier alpha value is -1.65. The highest BCUT2D eigenvalue weighted by Gasteiger charge is 2.17. The predicted molar refractivity (Wildman–Crippen MR) is 93.9 cm³/mol. The summed E-state index contributed by atoms with van der Waals surface area (Å²) in [4.78, 5) is 11.9. The Labute approximate surface area is 139 Å². The molecule has 2 atom stereocenters. The van der Waals surface area contributed by atoms with E-state index in [0.29, 0.717) is 6.42 Å². The van der Waals surface area contributed by atoms with Crippen LogP contribution in [0.15, 0.2) is 36.4 Å². The lowest BCUT2D eigenvalue weighted by Gasteiger charge is -2.19. The Morgan fingerprint density at radius 1 is 1.17 bits per heavy atom. The summed E-state index contributed by atoms with van der Waals surface area (Å²) in [5.74, 6) is -0.118. The molecule has 0 fully saturated rings. The number of benzene rings is 1. The number of carbonyl (C=O) groups is 1. The molecule has 0 aromatic heterocycles. The molecule has 0 radical (unpaired) electrons. The van der Waals surface area contributed by atoms with Crippen molar-refractivity contribution in [3.63, 3.8) is 0 Å². The van der Waals surface area contributed by atoms with E-state index in [-0.39, 0.29) is 12.5 Å². The zero-order valence-electron chi connectivity index (χ0n) is 13.9. The van der Waals surface area contributed by atoms with Gasteiger partial charge in [0, 0.05) is 6.42 Å². The van der Waals surface area contributed by atoms with Crippen molar-refractivity contribution < 1.29 is 15.0 Å². The molecule has 0 saturated carbocycles. The van der Waals surface area contributed by atoms with Crippen molar-refractivity contribution in [3.05, 3.63) is 42.0 Å². The Kier molecular flexibility index (Phi) is 10.00. The number of aliphatic hydroxyl groups is 2. The Balaban J connectivity index is 2.36. The first-order chi connectivity index (χ1) is 11.2. The van der Waals surface area contributed by atoms with Crippen molar-refractivity contribution in [3.8, 4) is 0 Å². The van der Waals surface area contributed by atoms with Gasteiger partial charge in [0.25, 0.3) is 0 Å². The molecule has 3 N–H and O–H groups in total. The van der Waals surface area contributed by atoms with E-state index in [9.17, 15) is 15.0 Å². The van der Waals surface area contributed by atoms with Gasteiger partial charge in [0.05, 0.1) is 18.8 Å². The van der Waals surface area contributed by atoms with Gasteiger partial charge in [0.2, 0.25) is 5.91 Å². The summed E-state index contributed by atoms with van der Waals surface area (Å²) in [6.45, 7) is 1.87. The van der Waals surface area contributed by atoms with Crippen molar-refractivity contribution in [2.45, 2.75) is 57.6 Å². The molecule has 0 aliphatic carbocycles. The highest BCUT2D eigenvalue weighted by molar-refractivity contribution is 5.76. The third-order valence-corrected chi connectivity index (χ3v) is 3.75. The predicted octanol–water partition coefficient (Wildman–Crippen LogP) is 2.90. The first-order valence-corrected chi connectivity index (χ1v) is 8.49. The number of aliphatic hydroxyl groups excluding tert-OH is 2. The summed E-state index contributed by atoms with van der Waals surface area (Å²) in [5, 5.41) is 22.2. The molecule has 0 bridgehead atoms. The third kappa shape index (κ3) is 8.53. The van der Waals surface area contributed by atoms with Gasteiger partial charge in [0.1, 0.15) is 0 Å². The van der Waals surface area contributed by atoms with Crippen molar-refractivity contribution >= 4 is 12.0 Å². The second-order valence-electron chi connectivity index (χ2n) is 5.78. The topological polar surface area (TPSA) is 69.6 Å². The fourth-order valence-corrected chi connectivity index (χ4v) is 2.32. The van der Waals surface area contributed by atoms with Gasteiger partial charge in [-0.05, 0) is 12.0 Å². The maximum Gasteiger partial charge on any atom is 0.220 e. The van der Waals surface area contributed by atoms with E-state index >= 15 is 0 Å². The third-order valence-electron chi connectivity index (χ3n) is 3.75. The van der Waals surface area contributed by atoms with Crippen molar-refractivity contribution in [1.29, 1.82) is 0 Å². The van der Waals surface area contributed by atoms with Crippen LogP contribution < -0.4 is 5.32 Å². The lowest BCUT2D eigenvalue weighted by molar-refractivity contribution is -0.123. The molecule has 1 aromatic carbocycles. The van der Waals surface area contributed by atoms with Gasteiger partial charge in [-0.2, -0.15) is 0 Å². The molecule has 4 nitrogen and oxygen atoms in total. The van der Waals surface area contributed by atoms with Crippen LogP contribution in [0.4, 0.5) is 0 Å². The van der Waals surface area contributed by atoms with Gasteiger partial charge in [-0.1, -0.05) is 75.1 Å². The van der Waals surface area contributed by atoms with E-state index in [1.165, 1.54) is 12.8 Å². The molecule has 0 saturated heterocycles. The van der Waals surface area contributed by atoms with Gasteiger partial charge in [0.15, 0.2) is 0 Å². The molecule has 0 aliphatic rings. The van der Waals surface area contributed by atoms with Crippen molar-refractivity contribution in [1.82, 2.24) is 5.32 Å². The minimum atomic E-state index is -0.913. The van der Waals surface area contributed by atoms with Crippen LogP contribution in [0.1, 0.15) is 51.0 Å². The minimum Gasteiger partial charge on any atom is -0.394 e. The summed E-state index contributed by atoms with van der Waals surface area (Å²) in [7, 11) is 0. The lowest BCUT2D eigenvalue weighted by atomic mass is 10.1. The lowest BCUT2D eigenvalue weighted by Crippen LogP contribution is -2.45. The molecule has 1 aromatic rings. The number of nitrogens with one attached hydrogen (secondary N) is 1. The molecule has 4 heteroatoms. The average molecular weight is 319 g/mol. The molecule has 0 spiro atoms. The van der Waals surface area contributed by atoms with Gasteiger partial charge in [-0.25, -0.2) is 0 Å². The van der Waals surface area contributed by atoms with Crippen LogP contribution in [0.25, 0.3) is 6.08 Å². The van der Waals surface area contributed by atoms with Crippen LogP contribution >= 0.6 is 0 Å². The number of rotatable bonds is 11. The second-order valence-corrected chi connectivity index (χ2v) is 5.78. The number of amides is 1. The summed E-state index contributed by atoms with van der Waals surface area (Å²) in [5.41, 5.74) is 0.963. The molecule has 1 rings (SSSR count). The zero-order valence-corrected chi connectivity index (χ0v) is 13.9. The smallest absolute Gasteiger partial charge is 0.220 e. The van der Waals surface area contributed by atoms with Crippen LogP contribution in [0.5, 0.6) is 0 Å². The Bertz CT molecular complexity index is 459. The normalized spacial score (nSPS) is 13.9. The van der Waals surface area contributed by atoms with E-state index in [4.69, 9.17) is 0 Å². The number of carbonyl (C=O) groups excluding carboxylic acids is 1. The number of hydrogen-bond acceptors (Lipinski definition) is 3. The van der Waals surface area contributed by atoms with Crippen LogP contribution in [0.3, 0.4) is 0 Å². The summed E-state index contributed by atoms with van der Waals surface area (Å²) >= 11 is 0. The van der Waals surface area contributed by atoms with Gasteiger partial charge < -0.3 is 15.5 Å². The average Bonchev–Trinajstić information content (AvgIpc) is 2.58. The standard InChI is InChI=1S/C19H29NO3/c1-2-3-4-5-9-12-19(23)20-17(15-21)18(22)14-13-16-10-7-6-8-11-16/h6-8,10-11,13-14,17-18,21-22H,2-5,9,12,15H2,1H3,(H,20,23)/b14-13+/t17-,18-/m0/s1. The first kappa shape index (κ1) is 19.4. The number of unbranched alkanes of at least 4 members (excludes halogenated alkanes) is 4. The molecule has 128 valence electrons. The second kappa shape index (κ2) is 11.9. The molecule has 0 heterocycles. The molecule has 0 unspecified atom stereocenters. The van der Waals surface area contributed by atoms with Crippen LogP contribution in [0, 0.1) is 0 Å². The van der Waals surface area contributed by atoms with E-state index in [1.807, 2.05) is 30.3 Å². The fraction of sp³-hybridized carbons (Fsp3) is 0.526. The molecule has 23 heavy (non-hydrogen) atoms. The molecular weight excluding hydrogens is 290 g/mol. The van der Waals surface area contributed by atoms with Gasteiger partial charge in [-0.15, -0.1) is 0 Å². The van der Waals surface area contributed by atoms with Crippen LogP contribution in [-0.4, -0.2) is 34.9 Å².